The Morgan fingerprint density at radius 2 is 0.831 bits per heavy atom. The van der Waals surface area contributed by atoms with Gasteiger partial charge in [-0.2, -0.15) is 11.8 Å². The SMILES string of the molecule is CSCC[C@H](NC(=O)[C@H](CCC(=O)O)NC(=O)[C@H](CCCCN)NC(=O)[C@@H](N)Cc1cnc[nH]1)C(=O)N1CCC[C@H]1C(=O)N[C@@H](Cc1ccccc1)C(=O)N1CCC[C@H]1C(=O)N[C@@H](CCCCN)C(=O)N[C@@H](Cc1ccc(O)cc1)C(=O)N1CCC[C@H]1C(=O)N[C@H](C(=O)N[C@@H](CCC(N)=O)C(=O)N1CCC[C@H]1C(=O)N[C@@H](Cc1ccccc1)C(=O)O)C(C)C. The molecule has 5 heterocycles. The third-order valence-corrected chi connectivity index (χ3v) is 23.3. The van der Waals surface area contributed by atoms with Crippen molar-refractivity contribution in [3.63, 3.8) is 0 Å². The van der Waals surface area contributed by atoms with E-state index in [1.165, 1.54) is 68.2 Å². The molecule has 0 bridgehead atoms. The van der Waals surface area contributed by atoms with E-state index in [1.54, 1.807) is 80.8 Å². The number of likely N-dealkylation sites (tertiary alicyclic amines) is 4. The van der Waals surface area contributed by atoms with Crippen molar-refractivity contribution in [2.45, 2.75) is 246 Å². The Hall–Kier alpha value is -11.6. The van der Waals surface area contributed by atoms with E-state index >= 15 is 19.2 Å². The Kier molecular flexibility index (Phi) is 38.7. The van der Waals surface area contributed by atoms with Crippen molar-refractivity contribution in [3.05, 3.63) is 120 Å². The van der Waals surface area contributed by atoms with E-state index in [0.717, 1.165) is 0 Å². The van der Waals surface area contributed by atoms with Crippen molar-refractivity contribution in [2.75, 3.05) is 51.3 Å². The first-order chi connectivity index (χ1) is 59.4. The van der Waals surface area contributed by atoms with Gasteiger partial charge in [-0.05, 0) is 169 Å². The number of hydrogen-bond acceptors (Lipinski definition) is 22. The molecular formula is C85H121N19O19S. The van der Waals surface area contributed by atoms with Gasteiger partial charge in [-0.3, -0.25) is 71.9 Å². The third-order valence-electron chi connectivity index (χ3n) is 22.7. The largest absolute Gasteiger partial charge is 0.508 e. The number of benzene rings is 3. The molecule has 4 aliphatic heterocycles. The molecule has 14 amide bonds. The van der Waals surface area contributed by atoms with Gasteiger partial charge < -0.3 is 111 Å². The van der Waals surface area contributed by atoms with Gasteiger partial charge in [0.25, 0.3) is 0 Å². The molecule has 21 N–H and O–H groups in total. The average Bonchev–Trinajstić information content (AvgIpc) is 1.64. The Balaban J connectivity index is 0.959. The molecule has 39 heteroatoms. The zero-order valence-electron chi connectivity index (χ0n) is 70.4. The van der Waals surface area contributed by atoms with E-state index in [2.05, 4.69) is 57.8 Å². The van der Waals surface area contributed by atoms with E-state index in [-0.39, 0.29) is 128 Å². The number of aromatic nitrogens is 2. The molecule has 4 saturated heterocycles. The number of phenolic OH excluding ortho intramolecular Hbond substituents is 1. The smallest absolute Gasteiger partial charge is 0.326 e. The number of carbonyl (C=O) groups is 16. The van der Waals surface area contributed by atoms with Crippen LogP contribution in [0.3, 0.4) is 0 Å². The summed E-state index contributed by atoms with van der Waals surface area (Å²) < 4.78 is 0. The molecule has 124 heavy (non-hydrogen) atoms. The number of unbranched alkanes of at least 4 members (excludes halogenated alkanes) is 2. The van der Waals surface area contributed by atoms with Crippen molar-refractivity contribution in [1.29, 1.82) is 0 Å². The predicted molar refractivity (Wildman–Crippen MR) is 455 cm³/mol. The number of nitrogens with zero attached hydrogens (tertiary/aromatic N) is 5. The molecule has 3 aromatic carbocycles. The summed E-state index contributed by atoms with van der Waals surface area (Å²) in [6.45, 7) is 3.87. The van der Waals surface area contributed by atoms with Gasteiger partial charge >= 0.3 is 11.9 Å². The van der Waals surface area contributed by atoms with Gasteiger partial charge in [0.05, 0.1) is 12.4 Å². The van der Waals surface area contributed by atoms with Crippen LogP contribution in [0.5, 0.6) is 5.75 Å². The monoisotopic (exact) mass is 1740 g/mol. The average molecular weight is 1750 g/mol. The minimum absolute atomic E-state index is 0.00679. The minimum Gasteiger partial charge on any atom is -0.508 e. The first-order valence-electron chi connectivity index (χ1n) is 42.6. The van der Waals surface area contributed by atoms with Crippen molar-refractivity contribution < 1.29 is 92.0 Å². The van der Waals surface area contributed by atoms with Gasteiger partial charge in [-0.25, -0.2) is 9.78 Å². The summed E-state index contributed by atoms with van der Waals surface area (Å²) in [7, 11) is 0. The highest BCUT2D eigenvalue weighted by Gasteiger charge is 2.46. The molecule has 4 aliphatic rings. The third kappa shape index (κ3) is 29.0. The molecule has 0 aliphatic carbocycles. The van der Waals surface area contributed by atoms with Gasteiger partial charge in [-0.1, -0.05) is 86.6 Å². The molecule has 8 rings (SSSR count). The summed E-state index contributed by atoms with van der Waals surface area (Å²) in [5, 5.41) is 54.7. The summed E-state index contributed by atoms with van der Waals surface area (Å²) in [6, 6.07) is 4.87. The van der Waals surface area contributed by atoms with Gasteiger partial charge in [0, 0.05) is 76.6 Å². The highest BCUT2D eigenvalue weighted by Crippen LogP contribution is 2.28. The van der Waals surface area contributed by atoms with Crippen molar-refractivity contribution >= 4 is 106 Å². The van der Waals surface area contributed by atoms with Crippen LogP contribution in [0.15, 0.2) is 97.5 Å². The lowest BCUT2D eigenvalue weighted by molar-refractivity contribution is -0.145. The Morgan fingerprint density at radius 3 is 1.27 bits per heavy atom. The van der Waals surface area contributed by atoms with Crippen LogP contribution in [-0.2, 0) is 102 Å². The van der Waals surface area contributed by atoms with Crippen LogP contribution in [0, 0.1) is 5.92 Å². The van der Waals surface area contributed by atoms with Gasteiger partial charge in [0.1, 0.15) is 84.3 Å². The molecule has 0 saturated carbocycles. The van der Waals surface area contributed by atoms with E-state index in [1.807, 2.05) is 0 Å². The fourth-order valence-corrected chi connectivity index (χ4v) is 16.4. The Morgan fingerprint density at radius 1 is 0.452 bits per heavy atom. The second-order valence-corrected chi connectivity index (χ2v) is 33.2. The second-order valence-electron chi connectivity index (χ2n) is 32.2. The zero-order valence-corrected chi connectivity index (χ0v) is 71.3. The number of primary amides is 1. The van der Waals surface area contributed by atoms with Crippen LogP contribution in [0.1, 0.15) is 158 Å². The van der Waals surface area contributed by atoms with Crippen LogP contribution >= 0.6 is 11.8 Å². The minimum atomic E-state index is -1.54. The fourth-order valence-electron chi connectivity index (χ4n) is 15.9. The van der Waals surface area contributed by atoms with Crippen LogP contribution in [-0.4, -0.2) is 275 Å². The molecule has 1 aromatic heterocycles. The number of H-pyrrole nitrogens is 1. The molecule has 0 spiro atoms. The van der Waals surface area contributed by atoms with E-state index in [0.29, 0.717) is 79.5 Å². The summed E-state index contributed by atoms with van der Waals surface area (Å²) in [4.78, 5) is 239. The van der Waals surface area contributed by atoms with Crippen LogP contribution in [0.25, 0.3) is 0 Å². The van der Waals surface area contributed by atoms with Crippen LogP contribution in [0.2, 0.25) is 0 Å². The summed E-state index contributed by atoms with van der Waals surface area (Å²) in [6.07, 6.45) is 6.12. The number of amides is 14. The van der Waals surface area contributed by atoms with Crippen LogP contribution < -0.4 is 70.8 Å². The van der Waals surface area contributed by atoms with Gasteiger partial charge in [0.15, 0.2) is 0 Å². The maximum Gasteiger partial charge on any atom is 0.326 e. The number of phenols is 1. The van der Waals surface area contributed by atoms with Crippen molar-refractivity contribution in [3.8, 4) is 5.75 Å². The highest BCUT2D eigenvalue weighted by molar-refractivity contribution is 7.98. The molecule has 4 fully saturated rings. The normalized spacial score (nSPS) is 18.6. The first kappa shape index (κ1) is 97.9. The number of carbonyl (C=O) groups excluding carboxylic acids is 14. The van der Waals surface area contributed by atoms with Gasteiger partial charge in [-0.15, -0.1) is 0 Å². The molecular weight excluding hydrogens is 1620 g/mol. The lowest BCUT2D eigenvalue weighted by Gasteiger charge is -2.33. The lowest BCUT2D eigenvalue weighted by Crippen LogP contribution is -2.61. The van der Waals surface area contributed by atoms with Gasteiger partial charge in [0.2, 0.25) is 82.7 Å². The highest BCUT2D eigenvalue weighted by atomic mass is 32.2. The number of rotatable bonds is 49. The first-order valence-corrected chi connectivity index (χ1v) is 44.0. The molecule has 676 valence electrons. The fraction of sp³-hybridized carbons (Fsp3) is 0.565. The molecule has 4 aromatic rings. The number of nitrogens with two attached hydrogens (primary N) is 4. The molecule has 38 nitrogen and oxygen atoms in total. The number of thioether (sulfide) groups is 1. The number of aliphatic carboxylic acids is 2. The van der Waals surface area contributed by atoms with E-state index in [4.69, 9.17) is 22.9 Å². The topological polar surface area (TPSA) is 588 Å². The molecule has 0 unspecified atom stereocenters. The van der Waals surface area contributed by atoms with E-state index < -0.39 is 198 Å². The summed E-state index contributed by atoms with van der Waals surface area (Å²) in [5.41, 5.74) is 25.8. The Labute approximate surface area is 724 Å². The quantitative estimate of drug-likeness (QED) is 0.0234. The number of carboxylic acid groups (broad SMARTS) is 2. The lowest BCUT2D eigenvalue weighted by atomic mass is 10.0. The number of aromatic hydroxyl groups is 1. The number of aromatic amines is 1. The standard InChI is InChI=1S/C85H121N19O19S/c1-50(2)71(80(117)96-60(32-34-69(89)106)81(118)101-39-15-26-67(101)78(115)99-64(85(122)123)46-52-20-8-5-9-21-52)100-79(116)68-27-17-42-104(68)83(120)62(45-53-28-30-55(105)31-29-53)97-74(111)58(23-11-13-38-87)94-76(113)65-24-16-41-103(65)84(121)63(44-51-18-6-4-7-19-51)98-77(114)66-25-14-40-102(66)82(119)61(36-43-124-3)95-75(112)59(33-35-70(107)108)93-73(110)57(22-10-12-37-86)92-72(109)56(88)47-54-48-90-49-91-54/h4-9,18-21,28-31,48-50,56-68,71,105H,10-17,22-27,32-47,86-88H2,1-3H3,(H2,89,106)(H,90,91)(H,92,109)(H,93,110)(H,94,113)(H,95,112)(H,96,117)(H,97,111)(H,98,114)(H,99,115)(H,100,116)(H,107,108)(H,122,123)/t56-,57-,58-,59-,60-,61-,62-,63-,64-,65-,66-,67-,68-,71-/m0/s1. The number of hydrogen-bond donors (Lipinski definition) is 17. The molecule has 14 atom stereocenters. The van der Waals surface area contributed by atoms with Crippen molar-refractivity contribution in [2.24, 2.45) is 28.9 Å². The molecule has 0 radical (unpaired) electrons. The summed E-state index contributed by atoms with van der Waals surface area (Å²) in [5.74, 6) is -13.7. The maximum absolute atomic E-state index is 15.3. The number of nitrogens with one attached hydrogen (secondary N) is 10. The maximum atomic E-state index is 15.3. The van der Waals surface area contributed by atoms with E-state index in [9.17, 15) is 72.9 Å². The Bertz CT molecular complexity index is 4300. The summed E-state index contributed by atoms with van der Waals surface area (Å²) >= 11 is 1.36. The van der Waals surface area contributed by atoms with Crippen molar-refractivity contribution in [1.82, 2.24) is 77.4 Å². The second kappa shape index (κ2) is 49.1. The number of carboxylic acids is 2. The zero-order chi connectivity index (χ0) is 90.1. The number of imidazole rings is 1. The predicted octanol–water partition coefficient (Wildman–Crippen LogP) is -1.08. The van der Waals surface area contributed by atoms with Crippen LogP contribution in [0.4, 0.5) is 0 Å².